The van der Waals surface area contributed by atoms with Crippen LogP contribution in [0.2, 0.25) is 0 Å². The first-order valence-corrected chi connectivity index (χ1v) is 7.78. The summed E-state index contributed by atoms with van der Waals surface area (Å²) in [7, 11) is 0. The van der Waals surface area contributed by atoms with Crippen LogP contribution in [0.25, 0.3) is 5.57 Å². The van der Waals surface area contributed by atoms with Crippen molar-refractivity contribution < 1.29 is 0 Å². The molecule has 1 fully saturated rings. The molecule has 112 valence electrons. The van der Waals surface area contributed by atoms with E-state index >= 15 is 0 Å². The molecule has 4 N–H and O–H groups in total. The van der Waals surface area contributed by atoms with Gasteiger partial charge in [0, 0.05) is 17.3 Å². The fourth-order valence-electron chi connectivity index (χ4n) is 2.23. The molecular formula is C18H23ClN2. The maximum Gasteiger partial charge on any atom is 0.0320 e. The van der Waals surface area contributed by atoms with Crippen LogP contribution in [0.1, 0.15) is 42.7 Å². The van der Waals surface area contributed by atoms with Crippen molar-refractivity contribution >= 4 is 17.2 Å². The van der Waals surface area contributed by atoms with Gasteiger partial charge < -0.3 is 11.5 Å². The maximum absolute atomic E-state index is 6.07. The average molecular weight is 303 g/mol. The average Bonchev–Trinajstić information content (AvgIpc) is 3.33. The molecule has 0 aromatic heterocycles. The van der Waals surface area contributed by atoms with Gasteiger partial charge in [-0.1, -0.05) is 48.5 Å². The Kier molecular flexibility index (Phi) is 5.66. The van der Waals surface area contributed by atoms with Crippen LogP contribution in [0.15, 0.2) is 53.7 Å². The Morgan fingerprint density at radius 3 is 2.33 bits per heavy atom. The first kappa shape index (κ1) is 15.9. The number of benzene rings is 1. The van der Waals surface area contributed by atoms with E-state index in [1.165, 1.54) is 29.5 Å². The molecule has 0 radical (unpaired) electrons. The van der Waals surface area contributed by atoms with E-state index in [-0.39, 0.29) is 0 Å². The minimum Gasteiger partial charge on any atom is -0.401 e. The summed E-state index contributed by atoms with van der Waals surface area (Å²) < 4.78 is 0. The smallest absolute Gasteiger partial charge is 0.0320 e. The molecule has 3 heteroatoms. The molecule has 1 aromatic rings. The van der Waals surface area contributed by atoms with Gasteiger partial charge in [-0.05, 0) is 54.4 Å². The zero-order valence-corrected chi connectivity index (χ0v) is 13.1. The second-order valence-corrected chi connectivity index (χ2v) is 6.03. The number of halogens is 1. The molecule has 0 aliphatic heterocycles. The molecule has 0 heterocycles. The Labute approximate surface area is 132 Å². The van der Waals surface area contributed by atoms with Gasteiger partial charge in [0.05, 0.1) is 0 Å². The molecule has 0 atom stereocenters. The van der Waals surface area contributed by atoms with Gasteiger partial charge in [0.1, 0.15) is 0 Å². The van der Waals surface area contributed by atoms with Gasteiger partial charge in [0.2, 0.25) is 0 Å². The summed E-state index contributed by atoms with van der Waals surface area (Å²) in [5, 5.41) is 0.976. The van der Waals surface area contributed by atoms with E-state index in [1.807, 2.05) is 0 Å². The van der Waals surface area contributed by atoms with Crippen LogP contribution >= 0.6 is 11.6 Å². The van der Waals surface area contributed by atoms with Gasteiger partial charge in [0.15, 0.2) is 0 Å². The predicted octanol–water partition coefficient (Wildman–Crippen LogP) is 4.28. The highest BCUT2D eigenvalue weighted by Crippen LogP contribution is 2.40. The van der Waals surface area contributed by atoms with Crippen molar-refractivity contribution in [2.75, 3.05) is 6.54 Å². The highest BCUT2D eigenvalue weighted by Gasteiger charge is 2.23. The van der Waals surface area contributed by atoms with Crippen LogP contribution in [0.3, 0.4) is 0 Å². The first-order valence-electron chi connectivity index (χ1n) is 7.40. The summed E-state index contributed by atoms with van der Waals surface area (Å²) in [6.07, 6.45) is 9.16. The summed E-state index contributed by atoms with van der Waals surface area (Å²) in [6.45, 7) is 3.72. The Hall–Kier alpha value is -1.51. The minimum atomic E-state index is 0.389. The second-order valence-electron chi connectivity index (χ2n) is 5.55. The van der Waals surface area contributed by atoms with Crippen LogP contribution in [-0.4, -0.2) is 6.54 Å². The van der Waals surface area contributed by atoms with Gasteiger partial charge in [-0.3, -0.25) is 0 Å². The molecule has 2 nitrogen and oxygen atoms in total. The summed E-state index contributed by atoms with van der Waals surface area (Å²) in [5.74, 6) is 0.841. The number of hydrogen-bond donors (Lipinski definition) is 2. The third-order valence-corrected chi connectivity index (χ3v) is 3.91. The lowest BCUT2D eigenvalue weighted by Gasteiger charge is -2.10. The standard InChI is InChI=1S/C15H15Cl.C3H8N2/c16-15-3-1-2-14(10-15)13-8-6-12(7-9-13)11-4-5-11;1-3(5)2-4/h2,6-11H,1,3-5H2;1-2,4-5H2. The molecule has 2 aliphatic carbocycles. The minimum absolute atomic E-state index is 0.389. The van der Waals surface area contributed by atoms with Gasteiger partial charge >= 0.3 is 0 Å². The molecule has 0 spiro atoms. The maximum atomic E-state index is 6.07. The fourth-order valence-corrected chi connectivity index (χ4v) is 2.46. The van der Waals surface area contributed by atoms with E-state index in [9.17, 15) is 0 Å². The topological polar surface area (TPSA) is 52.0 Å². The normalized spacial score (nSPS) is 17.2. The molecule has 2 aliphatic rings. The molecule has 0 saturated heterocycles. The second kappa shape index (κ2) is 7.48. The molecule has 0 unspecified atom stereocenters. The van der Waals surface area contributed by atoms with E-state index in [0.717, 1.165) is 23.8 Å². The van der Waals surface area contributed by atoms with Gasteiger partial charge in [0.25, 0.3) is 0 Å². The summed E-state index contributed by atoms with van der Waals surface area (Å²) >= 11 is 6.07. The van der Waals surface area contributed by atoms with Crippen LogP contribution < -0.4 is 11.5 Å². The lowest BCUT2D eigenvalue weighted by Crippen LogP contribution is -2.08. The Bertz CT molecular complexity index is 551. The van der Waals surface area contributed by atoms with Crippen molar-refractivity contribution in [3.8, 4) is 0 Å². The highest BCUT2D eigenvalue weighted by atomic mass is 35.5. The van der Waals surface area contributed by atoms with Crippen LogP contribution in [-0.2, 0) is 0 Å². The van der Waals surface area contributed by atoms with Gasteiger partial charge in [-0.15, -0.1) is 0 Å². The molecule has 0 amide bonds. The van der Waals surface area contributed by atoms with Crippen molar-refractivity contribution in [1.82, 2.24) is 0 Å². The van der Waals surface area contributed by atoms with E-state index in [2.05, 4.69) is 43.0 Å². The lowest BCUT2D eigenvalue weighted by molar-refractivity contribution is 1.02. The third-order valence-electron chi connectivity index (χ3n) is 3.61. The van der Waals surface area contributed by atoms with Crippen LogP contribution in [0.5, 0.6) is 0 Å². The first-order chi connectivity index (χ1) is 10.1. The fraction of sp³-hybridized carbons (Fsp3) is 0.333. The lowest BCUT2D eigenvalue weighted by atomic mass is 9.98. The zero-order chi connectivity index (χ0) is 15.2. The number of hydrogen-bond acceptors (Lipinski definition) is 2. The molecule has 3 rings (SSSR count). The van der Waals surface area contributed by atoms with Crippen LogP contribution in [0, 0.1) is 0 Å². The van der Waals surface area contributed by atoms with Crippen molar-refractivity contribution in [3.05, 3.63) is 64.9 Å². The number of allylic oxidation sites excluding steroid dienone is 4. The zero-order valence-electron chi connectivity index (χ0n) is 12.3. The molecule has 21 heavy (non-hydrogen) atoms. The SMILES string of the molecule is C=C(N)CN.ClC1=CC(c2ccc(C3CC3)cc2)=CCC1. The quantitative estimate of drug-likeness (QED) is 0.875. The van der Waals surface area contributed by atoms with Crippen molar-refractivity contribution in [1.29, 1.82) is 0 Å². The van der Waals surface area contributed by atoms with Gasteiger partial charge in [-0.25, -0.2) is 0 Å². The molecule has 1 saturated carbocycles. The van der Waals surface area contributed by atoms with Crippen molar-refractivity contribution in [2.45, 2.75) is 31.6 Å². The summed E-state index contributed by atoms with van der Waals surface area (Å²) in [5.41, 5.74) is 14.5. The number of nitrogens with two attached hydrogens (primary N) is 2. The van der Waals surface area contributed by atoms with Crippen molar-refractivity contribution in [2.24, 2.45) is 11.5 Å². The number of rotatable bonds is 3. The summed E-state index contributed by atoms with van der Waals surface area (Å²) in [6, 6.07) is 8.99. The van der Waals surface area contributed by atoms with E-state index in [4.69, 9.17) is 23.1 Å². The molecular weight excluding hydrogens is 280 g/mol. The largest absolute Gasteiger partial charge is 0.401 e. The Morgan fingerprint density at radius 1 is 1.24 bits per heavy atom. The Balaban J connectivity index is 0.000000282. The molecule has 1 aromatic carbocycles. The predicted molar refractivity (Wildman–Crippen MR) is 91.9 cm³/mol. The van der Waals surface area contributed by atoms with E-state index in [0.29, 0.717) is 12.2 Å². The monoisotopic (exact) mass is 302 g/mol. The highest BCUT2D eigenvalue weighted by molar-refractivity contribution is 6.30. The third kappa shape index (κ3) is 5.07. The Morgan fingerprint density at radius 2 is 1.86 bits per heavy atom. The van der Waals surface area contributed by atoms with Crippen LogP contribution in [0.4, 0.5) is 0 Å². The summed E-state index contributed by atoms with van der Waals surface area (Å²) in [4.78, 5) is 0. The van der Waals surface area contributed by atoms with Crippen molar-refractivity contribution in [3.63, 3.8) is 0 Å². The van der Waals surface area contributed by atoms with E-state index in [1.54, 1.807) is 0 Å². The van der Waals surface area contributed by atoms with Gasteiger partial charge in [-0.2, -0.15) is 0 Å². The molecule has 0 bridgehead atoms. The van der Waals surface area contributed by atoms with E-state index < -0.39 is 0 Å².